The van der Waals surface area contributed by atoms with Crippen molar-refractivity contribution >= 4 is 14.2 Å². The lowest BCUT2D eigenvalue weighted by molar-refractivity contribution is -0.107. The van der Waals surface area contributed by atoms with Crippen molar-refractivity contribution in [1.29, 1.82) is 0 Å². The first-order valence-corrected chi connectivity index (χ1v) is 6.43. The summed E-state index contributed by atoms with van der Waals surface area (Å²) in [6.45, 7) is 13.7. The lowest BCUT2D eigenvalue weighted by Gasteiger charge is -2.41. The van der Waals surface area contributed by atoms with Gasteiger partial charge in [0.25, 0.3) is 0 Å². The van der Waals surface area contributed by atoms with Gasteiger partial charge in [-0.3, -0.25) is 0 Å². The van der Waals surface area contributed by atoms with Crippen molar-refractivity contribution < 1.29 is 4.79 Å². The molecule has 0 unspecified atom stereocenters. The molecule has 0 saturated carbocycles. The summed E-state index contributed by atoms with van der Waals surface area (Å²) in [5.41, 5.74) is 0. The third kappa shape index (κ3) is 4.76. The van der Waals surface area contributed by atoms with Crippen LogP contribution in [0.3, 0.4) is 0 Å². The van der Waals surface area contributed by atoms with Crippen molar-refractivity contribution in [1.82, 2.24) is 0 Å². The van der Waals surface area contributed by atoms with Crippen molar-refractivity contribution in [2.45, 2.75) is 58.3 Å². The maximum absolute atomic E-state index is 10.4. The van der Waals surface area contributed by atoms with Crippen LogP contribution in [0.4, 0.5) is 0 Å². The normalized spacial score (nSPS) is 13.5. The van der Waals surface area contributed by atoms with E-state index in [2.05, 4.69) is 41.5 Å². The Morgan fingerprint density at radius 3 is 1.62 bits per heavy atom. The van der Waals surface area contributed by atoms with E-state index in [4.69, 9.17) is 0 Å². The van der Waals surface area contributed by atoms with Crippen LogP contribution in [0.1, 0.15) is 48.0 Å². The SMILES string of the molecule is CC(C)(C)P(CCC=O)C(C)(C)C. The molecule has 0 aliphatic carbocycles. The number of hydrogen-bond acceptors (Lipinski definition) is 1. The molecule has 0 bridgehead atoms. The molecule has 0 radical (unpaired) electrons. The number of rotatable bonds is 3. The lowest BCUT2D eigenvalue weighted by Crippen LogP contribution is -2.26. The molecule has 0 rings (SSSR count). The fourth-order valence-corrected chi connectivity index (χ4v) is 5.58. The average molecular weight is 202 g/mol. The molecule has 0 aromatic carbocycles. The van der Waals surface area contributed by atoms with E-state index in [1.165, 1.54) is 0 Å². The van der Waals surface area contributed by atoms with E-state index in [0.717, 1.165) is 18.9 Å². The molecule has 0 saturated heterocycles. The highest BCUT2D eigenvalue weighted by Gasteiger charge is 2.33. The van der Waals surface area contributed by atoms with Gasteiger partial charge in [-0.1, -0.05) is 49.5 Å². The zero-order chi connectivity index (χ0) is 10.7. The van der Waals surface area contributed by atoms with Crippen LogP contribution in [0.2, 0.25) is 0 Å². The van der Waals surface area contributed by atoms with E-state index in [1.54, 1.807) is 0 Å². The zero-order valence-corrected chi connectivity index (χ0v) is 10.7. The van der Waals surface area contributed by atoms with E-state index < -0.39 is 0 Å². The third-order valence-corrected chi connectivity index (χ3v) is 6.03. The minimum absolute atomic E-state index is 0.0799. The Kier molecular flexibility index (Phi) is 4.59. The molecule has 0 amide bonds. The summed E-state index contributed by atoms with van der Waals surface area (Å²) in [4.78, 5) is 10.4. The van der Waals surface area contributed by atoms with Gasteiger partial charge in [0.2, 0.25) is 0 Å². The molecule has 13 heavy (non-hydrogen) atoms. The van der Waals surface area contributed by atoms with Crippen LogP contribution >= 0.6 is 7.92 Å². The summed E-state index contributed by atoms with van der Waals surface area (Å²) in [5, 5.41) is 0.715. The van der Waals surface area contributed by atoms with Crippen molar-refractivity contribution in [2.24, 2.45) is 0 Å². The Bertz CT molecular complexity index is 148. The van der Waals surface area contributed by atoms with Crippen molar-refractivity contribution in [2.75, 3.05) is 6.16 Å². The average Bonchev–Trinajstić information content (AvgIpc) is 1.81. The van der Waals surface area contributed by atoms with Crippen LogP contribution in [0.25, 0.3) is 0 Å². The first-order valence-electron chi connectivity index (χ1n) is 4.91. The maximum Gasteiger partial charge on any atom is 0.120 e. The predicted octanol–water partition coefficient (Wildman–Crippen LogP) is 3.65. The minimum atomic E-state index is -0.0799. The summed E-state index contributed by atoms with van der Waals surface area (Å²) >= 11 is 0. The number of aldehydes is 1. The summed E-state index contributed by atoms with van der Waals surface area (Å²) in [6, 6.07) is 0. The van der Waals surface area contributed by atoms with E-state index in [9.17, 15) is 4.79 Å². The molecular weight excluding hydrogens is 179 g/mol. The van der Waals surface area contributed by atoms with Crippen LogP contribution in [0.15, 0.2) is 0 Å². The van der Waals surface area contributed by atoms with Gasteiger partial charge in [-0.25, -0.2) is 0 Å². The van der Waals surface area contributed by atoms with E-state index >= 15 is 0 Å². The van der Waals surface area contributed by atoms with Gasteiger partial charge in [-0.15, -0.1) is 0 Å². The van der Waals surface area contributed by atoms with Crippen LogP contribution in [-0.2, 0) is 4.79 Å². The highest BCUT2D eigenvalue weighted by Crippen LogP contribution is 2.59. The van der Waals surface area contributed by atoms with Crippen molar-refractivity contribution in [3.05, 3.63) is 0 Å². The molecule has 0 N–H and O–H groups in total. The Hall–Kier alpha value is 0.100. The second-order valence-corrected chi connectivity index (χ2v) is 9.44. The number of carbonyl (C=O) groups is 1. The molecular formula is C11H23OP. The molecule has 1 nitrogen and oxygen atoms in total. The summed E-state index contributed by atoms with van der Waals surface area (Å²) in [6.07, 6.45) is 2.85. The van der Waals surface area contributed by atoms with Crippen LogP contribution in [-0.4, -0.2) is 22.8 Å². The van der Waals surface area contributed by atoms with Crippen molar-refractivity contribution in [3.63, 3.8) is 0 Å². The standard InChI is InChI=1S/C11H23OP/c1-10(2,3)13(9-7-8-12)11(4,5)6/h8H,7,9H2,1-6H3. The zero-order valence-electron chi connectivity index (χ0n) is 9.85. The quantitative estimate of drug-likeness (QED) is 0.504. The fourth-order valence-electron chi connectivity index (χ4n) is 1.86. The maximum atomic E-state index is 10.4. The Morgan fingerprint density at radius 2 is 1.38 bits per heavy atom. The molecule has 0 spiro atoms. The minimum Gasteiger partial charge on any atom is -0.303 e. The second kappa shape index (κ2) is 4.55. The molecule has 0 aliphatic rings. The van der Waals surface area contributed by atoms with Gasteiger partial charge in [0.15, 0.2) is 0 Å². The van der Waals surface area contributed by atoms with Gasteiger partial charge < -0.3 is 4.79 Å². The smallest absolute Gasteiger partial charge is 0.120 e. The fraction of sp³-hybridized carbons (Fsp3) is 0.909. The highest BCUT2D eigenvalue weighted by molar-refractivity contribution is 7.60. The van der Waals surface area contributed by atoms with Crippen LogP contribution in [0.5, 0.6) is 0 Å². The van der Waals surface area contributed by atoms with Crippen LogP contribution in [0, 0.1) is 0 Å². The van der Waals surface area contributed by atoms with Crippen molar-refractivity contribution in [3.8, 4) is 0 Å². The summed E-state index contributed by atoms with van der Waals surface area (Å²) in [5.74, 6) is 0. The number of carbonyl (C=O) groups excluding carboxylic acids is 1. The lowest BCUT2D eigenvalue weighted by atomic mass is 10.2. The molecule has 0 heterocycles. The molecule has 0 aromatic heterocycles. The largest absolute Gasteiger partial charge is 0.303 e. The second-order valence-electron chi connectivity index (χ2n) is 5.45. The Balaban J connectivity index is 4.47. The molecule has 0 atom stereocenters. The van der Waals surface area contributed by atoms with Gasteiger partial charge in [0.1, 0.15) is 6.29 Å². The Morgan fingerprint density at radius 1 is 1.00 bits per heavy atom. The van der Waals surface area contributed by atoms with Gasteiger partial charge in [0.05, 0.1) is 0 Å². The Labute approximate surface area is 84.0 Å². The highest BCUT2D eigenvalue weighted by atomic mass is 31.1. The van der Waals surface area contributed by atoms with Crippen LogP contribution < -0.4 is 0 Å². The number of hydrogen-bond donors (Lipinski definition) is 0. The van der Waals surface area contributed by atoms with E-state index in [0.29, 0.717) is 10.3 Å². The monoisotopic (exact) mass is 202 g/mol. The molecule has 0 aromatic rings. The predicted molar refractivity (Wildman–Crippen MR) is 62.0 cm³/mol. The molecule has 0 aliphatic heterocycles. The molecule has 0 fully saturated rings. The van der Waals surface area contributed by atoms with E-state index in [-0.39, 0.29) is 7.92 Å². The summed E-state index contributed by atoms with van der Waals surface area (Å²) < 4.78 is 0. The van der Waals surface area contributed by atoms with Gasteiger partial charge >= 0.3 is 0 Å². The summed E-state index contributed by atoms with van der Waals surface area (Å²) in [7, 11) is -0.0799. The van der Waals surface area contributed by atoms with Gasteiger partial charge in [0, 0.05) is 6.42 Å². The molecule has 78 valence electrons. The molecule has 2 heteroatoms. The van der Waals surface area contributed by atoms with Gasteiger partial charge in [-0.05, 0) is 16.5 Å². The first kappa shape index (κ1) is 13.1. The van der Waals surface area contributed by atoms with E-state index in [1.807, 2.05) is 0 Å². The topological polar surface area (TPSA) is 17.1 Å². The third-order valence-electron chi connectivity index (χ3n) is 2.09. The van der Waals surface area contributed by atoms with Gasteiger partial charge in [-0.2, -0.15) is 0 Å². The first-order chi connectivity index (χ1) is 5.69.